The minimum atomic E-state index is -4.57. The van der Waals surface area contributed by atoms with Crippen LogP contribution in [0.2, 0.25) is 0 Å². The van der Waals surface area contributed by atoms with Crippen LogP contribution >= 0.6 is 15.9 Å². The van der Waals surface area contributed by atoms with Crippen molar-refractivity contribution in [3.8, 4) is 0 Å². The van der Waals surface area contributed by atoms with E-state index in [1.54, 1.807) is 0 Å². The minimum absolute atomic E-state index is 0.0500. The van der Waals surface area contributed by atoms with E-state index in [2.05, 4.69) is 21.2 Å². The number of hydrogen-bond donors (Lipinski definition) is 2. The number of carbonyl (C=O) groups is 1. The molecule has 0 atom stereocenters. The Bertz CT molecular complexity index is 881. The van der Waals surface area contributed by atoms with Gasteiger partial charge in [-0.1, -0.05) is 15.9 Å². The molecule has 0 aliphatic carbocycles. The van der Waals surface area contributed by atoms with Crippen molar-refractivity contribution in [2.45, 2.75) is 11.1 Å². The number of alkyl halides is 3. The van der Waals surface area contributed by atoms with Crippen LogP contribution in [0.5, 0.6) is 0 Å². The number of nitrogens with two attached hydrogens (primary N) is 1. The summed E-state index contributed by atoms with van der Waals surface area (Å²) < 4.78 is 60.6. The molecule has 0 bridgehead atoms. The smallest absolute Gasteiger partial charge is 0.322 e. The average molecular weight is 423 g/mol. The van der Waals surface area contributed by atoms with E-state index < -0.39 is 27.7 Å². The van der Waals surface area contributed by atoms with E-state index in [9.17, 15) is 26.4 Å². The van der Waals surface area contributed by atoms with Gasteiger partial charge in [-0.3, -0.25) is 4.79 Å². The van der Waals surface area contributed by atoms with Gasteiger partial charge in [0, 0.05) is 15.7 Å². The molecule has 0 saturated heterocycles. The van der Waals surface area contributed by atoms with Crippen LogP contribution in [-0.2, 0) is 16.2 Å². The monoisotopic (exact) mass is 422 g/mol. The zero-order valence-corrected chi connectivity index (χ0v) is 14.2. The van der Waals surface area contributed by atoms with Crippen molar-refractivity contribution in [1.29, 1.82) is 0 Å². The maximum atomic E-state index is 12.8. The van der Waals surface area contributed by atoms with Gasteiger partial charge in [-0.2, -0.15) is 13.2 Å². The lowest BCUT2D eigenvalue weighted by Gasteiger charge is -2.12. The van der Waals surface area contributed by atoms with E-state index in [1.807, 2.05) is 0 Å². The minimum Gasteiger partial charge on any atom is -0.322 e. The molecule has 0 radical (unpaired) electrons. The lowest BCUT2D eigenvalue weighted by Crippen LogP contribution is -2.15. The third-order valence-electron chi connectivity index (χ3n) is 2.97. The highest BCUT2D eigenvalue weighted by molar-refractivity contribution is 9.10. The van der Waals surface area contributed by atoms with Crippen molar-refractivity contribution in [2.24, 2.45) is 5.14 Å². The van der Waals surface area contributed by atoms with Gasteiger partial charge >= 0.3 is 6.18 Å². The number of anilines is 1. The van der Waals surface area contributed by atoms with Gasteiger partial charge in [-0.05, 0) is 42.5 Å². The van der Waals surface area contributed by atoms with Gasteiger partial charge in [0.1, 0.15) is 0 Å². The fourth-order valence-electron chi connectivity index (χ4n) is 1.82. The van der Waals surface area contributed by atoms with Crippen LogP contribution in [0.1, 0.15) is 15.9 Å². The highest BCUT2D eigenvalue weighted by Gasteiger charge is 2.33. The van der Waals surface area contributed by atoms with Crippen molar-refractivity contribution < 1.29 is 26.4 Å². The molecule has 2 rings (SSSR count). The van der Waals surface area contributed by atoms with Crippen LogP contribution in [0.15, 0.2) is 51.8 Å². The molecule has 0 aliphatic heterocycles. The maximum Gasteiger partial charge on any atom is 0.417 e. The fraction of sp³-hybridized carbons (Fsp3) is 0.0714. The summed E-state index contributed by atoms with van der Waals surface area (Å²) in [6.45, 7) is 0. The van der Waals surface area contributed by atoms with Crippen LogP contribution in [-0.4, -0.2) is 14.3 Å². The second-order valence-electron chi connectivity index (χ2n) is 4.72. The standard InChI is InChI=1S/C14H10BrF3N2O3S/c15-12-6-3-9(7-11(12)14(16,17)18)20-13(21)8-1-4-10(5-2-8)24(19,22)23/h1-7H,(H,20,21)(H2,19,22,23). The van der Waals surface area contributed by atoms with E-state index >= 15 is 0 Å². The van der Waals surface area contributed by atoms with Gasteiger partial charge in [-0.25, -0.2) is 13.6 Å². The van der Waals surface area contributed by atoms with Crippen molar-refractivity contribution >= 4 is 37.5 Å². The fourth-order valence-corrected chi connectivity index (χ4v) is 2.81. The maximum absolute atomic E-state index is 12.8. The van der Waals surface area contributed by atoms with Gasteiger partial charge in [0.05, 0.1) is 10.5 Å². The number of rotatable bonds is 3. The van der Waals surface area contributed by atoms with E-state index in [1.165, 1.54) is 24.3 Å². The molecule has 0 unspecified atom stereocenters. The number of amides is 1. The first kappa shape index (κ1) is 18.4. The number of hydrogen-bond acceptors (Lipinski definition) is 3. The summed E-state index contributed by atoms with van der Waals surface area (Å²) in [5, 5.41) is 7.25. The van der Waals surface area contributed by atoms with Gasteiger partial charge in [0.2, 0.25) is 10.0 Å². The number of halogens is 4. The molecule has 0 aliphatic rings. The normalized spacial score (nSPS) is 12.0. The molecule has 1 amide bonds. The molecule has 3 N–H and O–H groups in total. The predicted octanol–water partition coefficient (Wildman–Crippen LogP) is 3.37. The molecule has 24 heavy (non-hydrogen) atoms. The zero-order chi connectivity index (χ0) is 18.1. The Morgan fingerprint density at radius 2 is 1.67 bits per heavy atom. The second-order valence-corrected chi connectivity index (χ2v) is 7.13. The van der Waals surface area contributed by atoms with Crippen LogP contribution in [0.4, 0.5) is 18.9 Å². The summed E-state index contributed by atoms with van der Waals surface area (Å²) in [5.74, 6) is -0.689. The summed E-state index contributed by atoms with van der Waals surface area (Å²) in [5.41, 5.74) is -0.908. The van der Waals surface area contributed by atoms with Crippen molar-refractivity contribution in [2.75, 3.05) is 5.32 Å². The summed E-state index contributed by atoms with van der Waals surface area (Å²) in [7, 11) is -3.89. The topological polar surface area (TPSA) is 89.3 Å². The van der Waals surface area contributed by atoms with Crippen molar-refractivity contribution in [3.63, 3.8) is 0 Å². The Morgan fingerprint density at radius 1 is 1.08 bits per heavy atom. The molecule has 0 aromatic heterocycles. The van der Waals surface area contributed by atoms with Crippen LogP contribution < -0.4 is 10.5 Å². The summed E-state index contributed by atoms with van der Waals surface area (Å²) in [6, 6.07) is 7.94. The molecular weight excluding hydrogens is 413 g/mol. The Hall–Kier alpha value is -1.91. The van der Waals surface area contributed by atoms with Crippen LogP contribution in [0, 0.1) is 0 Å². The lowest BCUT2D eigenvalue weighted by molar-refractivity contribution is -0.138. The Morgan fingerprint density at radius 3 is 2.17 bits per heavy atom. The summed E-state index contributed by atoms with van der Waals surface area (Å²) in [4.78, 5) is 11.9. The van der Waals surface area contributed by atoms with E-state index in [4.69, 9.17) is 5.14 Å². The number of carbonyl (C=O) groups excluding carboxylic acids is 1. The average Bonchev–Trinajstić information content (AvgIpc) is 2.47. The molecule has 2 aromatic carbocycles. The quantitative estimate of drug-likeness (QED) is 0.794. The van der Waals surface area contributed by atoms with Gasteiger partial charge in [0.15, 0.2) is 0 Å². The predicted molar refractivity (Wildman–Crippen MR) is 84.9 cm³/mol. The first-order valence-electron chi connectivity index (χ1n) is 6.29. The first-order valence-corrected chi connectivity index (χ1v) is 8.63. The number of benzene rings is 2. The Labute approximate surface area is 143 Å². The number of primary sulfonamides is 1. The number of sulfonamides is 1. The van der Waals surface area contributed by atoms with Crippen LogP contribution in [0.25, 0.3) is 0 Å². The first-order chi connectivity index (χ1) is 11.0. The molecule has 128 valence electrons. The summed E-state index contributed by atoms with van der Waals surface area (Å²) >= 11 is 2.80. The SMILES string of the molecule is NS(=O)(=O)c1ccc(C(=O)Nc2ccc(Br)c(C(F)(F)F)c2)cc1. The molecule has 10 heteroatoms. The third-order valence-corrected chi connectivity index (χ3v) is 4.60. The number of nitrogens with one attached hydrogen (secondary N) is 1. The molecule has 0 fully saturated rings. The zero-order valence-electron chi connectivity index (χ0n) is 11.8. The largest absolute Gasteiger partial charge is 0.417 e. The molecule has 0 spiro atoms. The van der Waals surface area contributed by atoms with E-state index in [-0.39, 0.29) is 20.6 Å². The molecule has 0 saturated carbocycles. The molecule has 0 heterocycles. The molecule has 5 nitrogen and oxygen atoms in total. The van der Waals surface area contributed by atoms with Gasteiger partial charge < -0.3 is 5.32 Å². The Balaban J connectivity index is 2.24. The lowest BCUT2D eigenvalue weighted by atomic mass is 10.1. The van der Waals surface area contributed by atoms with Crippen molar-refractivity contribution in [1.82, 2.24) is 0 Å². The van der Waals surface area contributed by atoms with Crippen molar-refractivity contribution in [3.05, 3.63) is 58.1 Å². The second kappa shape index (κ2) is 6.54. The van der Waals surface area contributed by atoms with E-state index in [0.717, 1.165) is 18.2 Å². The van der Waals surface area contributed by atoms with Gasteiger partial charge in [0.25, 0.3) is 5.91 Å². The van der Waals surface area contributed by atoms with Gasteiger partial charge in [-0.15, -0.1) is 0 Å². The molecule has 2 aromatic rings. The summed E-state index contributed by atoms with van der Waals surface area (Å²) in [6.07, 6.45) is -4.57. The highest BCUT2D eigenvalue weighted by atomic mass is 79.9. The van der Waals surface area contributed by atoms with E-state index in [0.29, 0.717) is 0 Å². The van der Waals surface area contributed by atoms with Crippen LogP contribution in [0.3, 0.4) is 0 Å². The Kier molecular flexibility index (Phi) is 5.02. The third kappa shape index (κ3) is 4.34. The highest BCUT2D eigenvalue weighted by Crippen LogP contribution is 2.36. The molecular formula is C14H10BrF3N2O3S.